The van der Waals surface area contributed by atoms with Gasteiger partial charge in [0.05, 0.1) is 12.5 Å². The number of aromatic amines is 1. The van der Waals surface area contributed by atoms with Crippen molar-refractivity contribution in [2.45, 2.75) is 23.9 Å². The lowest BCUT2D eigenvalue weighted by atomic mass is 10.1. The largest absolute Gasteiger partial charge is 0.335 e. The van der Waals surface area contributed by atoms with Gasteiger partial charge in [0.1, 0.15) is 0 Å². The molecule has 0 aromatic carbocycles. The molecule has 102 valence electrons. The molecule has 0 saturated carbocycles. The number of piperidine rings is 1. The minimum Gasteiger partial charge on any atom is -0.335 e. The first kappa shape index (κ1) is 13.5. The Kier molecular flexibility index (Phi) is 4.33. The standard InChI is InChI=1S/C10H19N5O2S/c11-3-6-15-4-1-9(2-5-15)14-18(16,17)10-7-12-8-13-10/h7-9,14H,1-6,11H2,(H,12,13). The van der Waals surface area contributed by atoms with E-state index in [9.17, 15) is 8.42 Å². The van der Waals surface area contributed by atoms with Gasteiger partial charge in [0.2, 0.25) is 0 Å². The molecule has 0 radical (unpaired) electrons. The van der Waals surface area contributed by atoms with Gasteiger partial charge in [0.15, 0.2) is 5.03 Å². The van der Waals surface area contributed by atoms with Crippen LogP contribution >= 0.6 is 0 Å². The van der Waals surface area contributed by atoms with Crippen LogP contribution in [-0.4, -0.2) is 55.5 Å². The second-order valence-electron chi connectivity index (χ2n) is 4.44. The van der Waals surface area contributed by atoms with Crippen molar-refractivity contribution in [2.24, 2.45) is 5.73 Å². The minimum absolute atomic E-state index is 0.00711. The van der Waals surface area contributed by atoms with Crippen molar-refractivity contribution in [1.29, 1.82) is 0 Å². The van der Waals surface area contributed by atoms with Crippen LogP contribution < -0.4 is 10.5 Å². The molecule has 1 aromatic rings. The van der Waals surface area contributed by atoms with Crippen LogP contribution in [0, 0.1) is 0 Å². The summed E-state index contributed by atoms with van der Waals surface area (Å²) >= 11 is 0. The average Bonchev–Trinajstić information content (AvgIpc) is 2.86. The molecule has 1 aliphatic rings. The number of nitrogens with one attached hydrogen (secondary N) is 2. The van der Waals surface area contributed by atoms with Crippen LogP contribution in [0.5, 0.6) is 0 Å². The van der Waals surface area contributed by atoms with E-state index in [0.29, 0.717) is 6.54 Å². The number of sulfonamides is 1. The third-order valence-corrected chi connectivity index (χ3v) is 4.56. The number of nitrogens with two attached hydrogens (primary N) is 1. The molecule has 1 fully saturated rings. The zero-order valence-corrected chi connectivity index (χ0v) is 11.0. The molecule has 1 aliphatic heterocycles. The molecule has 4 N–H and O–H groups in total. The fraction of sp³-hybridized carbons (Fsp3) is 0.700. The highest BCUT2D eigenvalue weighted by Gasteiger charge is 2.24. The van der Waals surface area contributed by atoms with Crippen molar-refractivity contribution in [2.75, 3.05) is 26.2 Å². The van der Waals surface area contributed by atoms with Crippen molar-refractivity contribution in [3.8, 4) is 0 Å². The third kappa shape index (κ3) is 3.29. The van der Waals surface area contributed by atoms with Crippen molar-refractivity contribution in [3.05, 3.63) is 12.5 Å². The lowest BCUT2D eigenvalue weighted by Crippen LogP contribution is -2.45. The SMILES string of the molecule is NCCN1CCC(NS(=O)(=O)c2cnc[nH]2)CC1. The topological polar surface area (TPSA) is 104 Å². The van der Waals surface area contributed by atoms with Crippen LogP contribution in [0.4, 0.5) is 0 Å². The first-order chi connectivity index (χ1) is 8.62. The predicted octanol–water partition coefficient (Wildman–Crippen LogP) is -0.889. The Bertz CT molecular complexity index is 451. The predicted molar refractivity (Wildman–Crippen MR) is 67.4 cm³/mol. The maximum Gasteiger partial charge on any atom is 0.257 e. The second kappa shape index (κ2) is 5.79. The number of hydrogen-bond acceptors (Lipinski definition) is 5. The van der Waals surface area contributed by atoms with Crippen LogP contribution in [0.25, 0.3) is 0 Å². The molecule has 0 bridgehead atoms. The van der Waals surface area contributed by atoms with Crippen LogP contribution in [-0.2, 0) is 10.0 Å². The summed E-state index contributed by atoms with van der Waals surface area (Å²) < 4.78 is 26.6. The van der Waals surface area contributed by atoms with Crippen LogP contribution in [0.3, 0.4) is 0 Å². The minimum atomic E-state index is -3.46. The normalized spacial score (nSPS) is 19.2. The molecule has 1 saturated heterocycles. The maximum atomic E-state index is 12.0. The Morgan fingerprint density at radius 1 is 1.50 bits per heavy atom. The molecule has 1 aromatic heterocycles. The smallest absolute Gasteiger partial charge is 0.257 e. The van der Waals surface area contributed by atoms with Gasteiger partial charge in [-0.05, 0) is 25.9 Å². The van der Waals surface area contributed by atoms with Gasteiger partial charge in [0, 0.05) is 19.1 Å². The highest BCUT2D eigenvalue weighted by Crippen LogP contribution is 2.13. The van der Waals surface area contributed by atoms with Gasteiger partial charge in [-0.1, -0.05) is 0 Å². The fourth-order valence-corrected chi connectivity index (χ4v) is 3.34. The van der Waals surface area contributed by atoms with Gasteiger partial charge in [-0.2, -0.15) is 0 Å². The molecule has 0 amide bonds. The number of aromatic nitrogens is 2. The van der Waals surface area contributed by atoms with Crippen molar-refractivity contribution < 1.29 is 8.42 Å². The summed E-state index contributed by atoms with van der Waals surface area (Å²) in [6, 6.07) is -0.00711. The summed E-state index contributed by atoms with van der Waals surface area (Å²) in [5, 5.41) is 0.117. The average molecular weight is 273 g/mol. The van der Waals surface area contributed by atoms with Crippen molar-refractivity contribution in [1.82, 2.24) is 19.6 Å². The van der Waals surface area contributed by atoms with E-state index in [1.807, 2.05) is 0 Å². The van der Waals surface area contributed by atoms with E-state index >= 15 is 0 Å². The zero-order valence-electron chi connectivity index (χ0n) is 10.2. The van der Waals surface area contributed by atoms with Crippen LogP contribution in [0.1, 0.15) is 12.8 Å². The highest BCUT2D eigenvalue weighted by atomic mass is 32.2. The monoisotopic (exact) mass is 273 g/mol. The second-order valence-corrected chi connectivity index (χ2v) is 6.12. The van der Waals surface area contributed by atoms with E-state index in [-0.39, 0.29) is 11.1 Å². The number of hydrogen-bond donors (Lipinski definition) is 3. The van der Waals surface area contributed by atoms with Crippen LogP contribution in [0.15, 0.2) is 17.6 Å². The molecular weight excluding hydrogens is 254 g/mol. The zero-order chi connectivity index (χ0) is 13.0. The molecule has 2 heterocycles. The van der Waals surface area contributed by atoms with E-state index in [2.05, 4.69) is 19.6 Å². The Balaban J connectivity index is 1.88. The molecule has 2 rings (SSSR count). The van der Waals surface area contributed by atoms with E-state index < -0.39 is 10.0 Å². The number of imidazole rings is 1. The Morgan fingerprint density at radius 2 is 2.22 bits per heavy atom. The lowest BCUT2D eigenvalue weighted by Gasteiger charge is -2.31. The molecule has 0 spiro atoms. The number of H-pyrrole nitrogens is 1. The maximum absolute atomic E-state index is 12.0. The van der Waals surface area contributed by atoms with E-state index in [1.54, 1.807) is 0 Å². The van der Waals surface area contributed by atoms with E-state index in [4.69, 9.17) is 5.73 Å². The molecule has 18 heavy (non-hydrogen) atoms. The summed E-state index contributed by atoms with van der Waals surface area (Å²) in [4.78, 5) is 8.58. The Morgan fingerprint density at radius 3 is 2.78 bits per heavy atom. The van der Waals surface area contributed by atoms with E-state index in [1.165, 1.54) is 12.5 Å². The number of likely N-dealkylation sites (tertiary alicyclic amines) is 1. The lowest BCUT2D eigenvalue weighted by molar-refractivity contribution is 0.212. The highest BCUT2D eigenvalue weighted by molar-refractivity contribution is 7.89. The summed E-state index contributed by atoms with van der Waals surface area (Å²) in [5.41, 5.74) is 5.50. The molecule has 0 atom stereocenters. The summed E-state index contributed by atoms with van der Waals surface area (Å²) in [5.74, 6) is 0. The van der Waals surface area contributed by atoms with E-state index in [0.717, 1.165) is 32.5 Å². The summed E-state index contributed by atoms with van der Waals surface area (Å²) in [6.07, 6.45) is 4.30. The molecule has 7 nitrogen and oxygen atoms in total. The Labute approximate surface area is 107 Å². The quantitative estimate of drug-likeness (QED) is 0.645. The van der Waals surface area contributed by atoms with Gasteiger partial charge in [-0.15, -0.1) is 0 Å². The first-order valence-electron chi connectivity index (χ1n) is 6.05. The summed E-state index contributed by atoms with van der Waals surface area (Å²) in [7, 11) is -3.46. The van der Waals surface area contributed by atoms with Gasteiger partial charge in [-0.25, -0.2) is 18.1 Å². The van der Waals surface area contributed by atoms with Gasteiger partial charge >= 0.3 is 0 Å². The van der Waals surface area contributed by atoms with Gasteiger partial charge < -0.3 is 15.6 Å². The van der Waals surface area contributed by atoms with Crippen molar-refractivity contribution in [3.63, 3.8) is 0 Å². The number of rotatable bonds is 5. The van der Waals surface area contributed by atoms with Gasteiger partial charge in [-0.3, -0.25) is 0 Å². The Hall–Kier alpha value is -0.960. The van der Waals surface area contributed by atoms with Crippen molar-refractivity contribution >= 4 is 10.0 Å². The van der Waals surface area contributed by atoms with Gasteiger partial charge in [0.25, 0.3) is 10.0 Å². The number of nitrogens with zero attached hydrogens (tertiary/aromatic N) is 2. The third-order valence-electron chi connectivity index (χ3n) is 3.12. The fourth-order valence-electron chi connectivity index (χ4n) is 2.13. The molecular formula is C10H19N5O2S. The van der Waals surface area contributed by atoms with Crippen LogP contribution in [0.2, 0.25) is 0 Å². The summed E-state index contributed by atoms with van der Waals surface area (Å²) in [6.45, 7) is 3.28. The molecule has 0 aliphatic carbocycles. The molecule has 0 unspecified atom stereocenters. The first-order valence-corrected chi connectivity index (χ1v) is 7.53. The molecule has 8 heteroatoms.